The number of rotatable bonds is 7. The van der Waals surface area contributed by atoms with Crippen molar-refractivity contribution in [3.63, 3.8) is 0 Å². The molecule has 2 N–H and O–H groups in total. The smallest absolute Gasteiger partial charge is 0.233 e. The van der Waals surface area contributed by atoms with Crippen LogP contribution in [0.5, 0.6) is 11.5 Å². The Labute approximate surface area is 152 Å². The van der Waals surface area contributed by atoms with Gasteiger partial charge in [0, 0.05) is 37.2 Å². The average molecular weight is 357 g/mol. The van der Waals surface area contributed by atoms with Gasteiger partial charge in [0.25, 0.3) is 0 Å². The van der Waals surface area contributed by atoms with E-state index in [9.17, 15) is 9.59 Å². The fraction of sp³-hybridized carbons (Fsp3) is 0.263. The first kappa shape index (κ1) is 19.1. The summed E-state index contributed by atoms with van der Waals surface area (Å²) < 4.78 is 10.3. The molecule has 0 aliphatic carbocycles. The van der Waals surface area contributed by atoms with Gasteiger partial charge in [-0.15, -0.1) is 0 Å². The monoisotopic (exact) mass is 357 g/mol. The Morgan fingerprint density at radius 2 is 1.38 bits per heavy atom. The SMILES string of the molecule is COc1ccc(NC(=O)CC(=O)Nc2ccc(N(C)C)cc2)cc1OC. The number of amides is 2. The topological polar surface area (TPSA) is 79.9 Å². The summed E-state index contributed by atoms with van der Waals surface area (Å²) in [7, 11) is 6.92. The molecule has 0 fully saturated rings. The molecule has 26 heavy (non-hydrogen) atoms. The summed E-state index contributed by atoms with van der Waals surface area (Å²) in [6.07, 6.45) is -0.288. The van der Waals surface area contributed by atoms with Crippen molar-refractivity contribution >= 4 is 28.9 Å². The molecule has 0 saturated heterocycles. The standard InChI is InChI=1S/C19H23N3O4/c1-22(2)15-8-5-13(6-9-15)20-18(23)12-19(24)21-14-7-10-16(25-3)17(11-14)26-4/h5-11H,12H2,1-4H3,(H,20,23)(H,21,24). The molecule has 0 unspecified atom stereocenters. The van der Waals surface area contributed by atoms with Gasteiger partial charge in [-0.05, 0) is 36.4 Å². The molecule has 138 valence electrons. The molecule has 2 amide bonds. The van der Waals surface area contributed by atoms with Crippen LogP contribution in [0.4, 0.5) is 17.1 Å². The summed E-state index contributed by atoms with van der Waals surface area (Å²) in [5.74, 6) is 0.250. The van der Waals surface area contributed by atoms with Crippen molar-refractivity contribution in [3.8, 4) is 11.5 Å². The van der Waals surface area contributed by atoms with E-state index in [1.54, 1.807) is 30.3 Å². The molecule has 2 rings (SSSR count). The zero-order chi connectivity index (χ0) is 19.1. The molecule has 2 aromatic rings. The highest BCUT2D eigenvalue weighted by Crippen LogP contribution is 2.29. The Morgan fingerprint density at radius 3 is 1.92 bits per heavy atom. The summed E-state index contributed by atoms with van der Waals surface area (Å²) in [6, 6.07) is 12.4. The zero-order valence-corrected chi connectivity index (χ0v) is 15.3. The van der Waals surface area contributed by atoms with E-state index in [1.165, 1.54) is 14.2 Å². The third kappa shape index (κ3) is 5.14. The highest BCUT2D eigenvalue weighted by molar-refractivity contribution is 6.08. The second kappa shape index (κ2) is 8.75. The summed E-state index contributed by atoms with van der Waals surface area (Å²) >= 11 is 0. The van der Waals surface area contributed by atoms with Crippen LogP contribution in [0.15, 0.2) is 42.5 Å². The quantitative estimate of drug-likeness (QED) is 0.745. The third-order valence-corrected chi connectivity index (χ3v) is 3.66. The number of benzene rings is 2. The van der Waals surface area contributed by atoms with Crippen LogP contribution >= 0.6 is 0 Å². The maximum Gasteiger partial charge on any atom is 0.233 e. The van der Waals surface area contributed by atoms with Crippen molar-refractivity contribution in [2.24, 2.45) is 0 Å². The van der Waals surface area contributed by atoms with Crippen LogP contribution < -0.4 is 25.0 Å². The lowest BCUT2D eigenvalue weighted by molar-refractivity contribution is -0.123. The Kier molecular flexibility index (Phi) is 6.43. The van der Waals surface area contributed by atoms with Gasteiger partial charge in [-0.1, -0.05) is 0 Å². The van der Waals surface area contributed by atoms with E-state index in [2.05, 4.69) is 10.6 Å². The number of carbonyl (C=O) groups excluding carboxylic acids is 2. The summed E-state index contributed by atoms with van der Waals surface area (Å²) in [5.41, 5.74) is 2.18. The minimum atomic E-state index is -0.417. The second-order valence-corrected chi connectivity index (χ2v) is 5.78. The Morgan fingerprint density at radius 1 is 0.846 bits per heavy atom. The third-order valence-electron chi connectivity index (χ3n) is 3.66. The number of ether oxygens (including phenoxy) is 2. The van der Waals surface area contributed by atoms with Gasteiger partial charge in [0.15, 0.2) is 11.5 Å². The first-order chi connectivity index (χ1) is 12.4. The zero-order valence-electron chi connectivity index (χ0n) is 15.3. The van der Waals surface area contributed by atoms with Crippen LogP contribution in [-0.4, -0.2) is 40.1 Å². The number of anilines is 3. The minimum Gasteiger partial charge on any atom is -0.493 e. The van der Waals surface area contributed by atoms with Crippen LogP contribution in [0.2, 0.25) is 0 Å². The lowest BCUT2D eigenvalue weighted by atomic mass is 10.2. The first-order valence-corrected chi connectivity index (χ1v) is 8.02. The lowest BCUT2D eigenvalue weighted by Crippen LogP contribution is -2.21. The average Bonchev–Trinajstić information content (AvgIpc) is 2.61. The fourth-order valence-corrected chi connectivity index (χ4v) is 2.31. The van der Waals surface area contributed by atoms with Crippen molar-refractivity contribution in [2.75, 3.05) is 43.8 Å². The van der Waals surface area contributed by atoms with Crippen LogP contribution in [-0.2, 0) is 9.59 Å². The van der Waals surface area contributed by atoms with Gasteiger partial charge in [-0.2, -0.15) is 0 Å². The molecule has 0 aliphatic rings. The maximum atomic E-state index is 12.1. The molecule has 0 aliphatic heterocycles. The fourth-order valence-electron chi connectivity index (χ4n) is 2.31. The molecule has 0 heterocycles. The van der Waals surface area contributed by atoms with Crippen LogP contribution in [0.1, 0.15) is 6.42 Å². The molecule has 0 spiro atoms. The predicted molar refractivity (Wildman–Crippen MR) is 102 cm³/mol. The molecule has 0 radical (unpaired) electrons. The largest absolute Gasteiger partial charge is 0.493 e. The number of carbonyl (C=O) groups is 2. The van der Waals surface area contributed by atoms with E-state index in [-0.39, 0.29) is 12.3 Å². The Balaban J connectivity index is 1.91. The highest BCUT2D eigenvalue weighted by Gasteiger charge is 2.12. The molecule has 0 atom stereocenters. The van der Waals surface area contributed by atoms with E-state index in [1.807, 2.05) is 31.1 Å². The van der Waals surface area contributed by atoms with E-state index in [4.69, 9.17) is 9.47 Å². The van der Waals surface area contributed by atoms with Crippen LogP contribution in [0, 0.1) is 0 Å². The van der Waals surface area contributed by atoms with Gasteiger partial charge in [0.2, 0.25) is 11.8 Å². The number of nitrogens with one attached hydrogen (secondary N) is 2. The Bertz CT molecular complexity index is 773. The van der Waals surface area contributed by atoms with Crippen molar-refractivity contribution < 1.29 is 19.1 Å². The second-order valence-electron chi connectivity index (χ2n) is 5.78. The number of hydrogen-bond donors (Lipinski definition) is 2. The lowest BCUT2D eigenvalue weighted by Gasteiger charge is -2.13. The number of methoxy groups -OCH3 is 2. The highest BCUT2D eigenvalue weighted by atomic mass is 16.5. The summed E-state index contributed by atoms with van der Waals surface area (Å²) in [5, 5.41) is 5.37. The van der Waals surface area contributed by atoms with Crippen molar-refractivity contribution in [1.29, 1.82) is 0 Å². The summed E-state index contributed by atoms with van der Waals surface area (Å²) in [4.78, 5) is 26.0. The molecule has 0 bridgehead atoms. The maximum absolute atomic E-state index is 12.1. The van der Waals surface area contributed by atoms with Crippen LogP contribution in [0.25, 0.3) is 0 Å². The van der Waals surface area contributed by atoms with Gasteiger partial charge < -0.3 is 25.0 Å². The van der Waals surface area contributed by atoms with Crippen molar-refractivity contribution in [2.45, 2.75) is 6.42 Å². The van der Waals surface area contributed by atoms with Crippen molar-refractivity contribution in [1.82, 2.24) is 0 Å². The van der Waals surface area contributed by atoms with E-state index < -0.39 is 5.91 Å². The molecule has 0 saturated carbocycles. The molecular weight excluding hydrogens is 334 g/mol. The minimum absolute atomic E-state index is 0.288. The van der Waals surface area contributed by atoms with E-state index in [0.717, 1.165) is 5.69 Å². The molecule has 2 aromatic carbocycles. The van der Waals surface area contributed by atoms with E-state index in [0.29, 0.717) is 22.9 Å². The van der Waals surface area contributed by atoms with Gasteiger partial charge in [-0.3, -0.25) is 9.59 Å². The van der Waals surface area contributed by atoms with E-state index >= 15 is 0 Å². The van der Waals surface area contributed by atoms with Gasteiger partial charge in [0.05, 0.1) is 14.2 Å². The van der Waals surface area contributed by atoms with Crippen LogP contribution in [0.3, 0.4) is 0 Å². The molecular formula is C19H23N3O4. The van der Waals surface area contributed by atoms with Gasteiger partial charge in [-0.25, -0.2) is 0 Å². The van der Waals surface area contributed by atoms with Gasteiger partial charge in [0.1, 0.15) is 6.42 Å². The molecule has 7 heteroatoms. The number of nitrogens with zero attached hydrogens (tertiary/aromatic N) is 1. The Hall–Kier alpha value is -3.22. The normalized spacial score (nSPS) is 10.0. The van der Waals surface area contributed by atoms with Gasteiger partial charge >= 0.3 is 0 Å². The summed E-state index contributed by atoms with van der Waals surface area (Å²) in [6.45, 7) is 0. The molecule has 0 aromatic heterocycles. The predicted octanol–water partition coefficient (Wildman–Crippen LogP) is 2.74. The number of hydrogen-bond acceptors (Lipinski definition) is 5. The van der Waals surface area contributed by atoms with Crippen molar-refractivity contribution in [3.05, 3.63) is 42.5 Å². The first-order valence-electron chi connectivity index (χ1n) is 8.02. The molecule has 7 nitrogen and oxygen atoms in total.